The van der Waals surface area contributed by atoms with Gasteiger partial charge in [0.1, 0.15) is 4.21 Å². The Morgan fingerprint density at radius 2 is 2.24 bits per heavy atom. The molecule has 0 aliphatic carbocycles. The fourth-order valence-corrected chi connectivity index (χ4v) is 3.72. The monoisotopic (exact) mass is 273 g/mol. The molecule has 0 saturated heterocycles. The van der Waals surface area contributed by atoms with E-state index in [1.807, 2.05) is 0 Å². The van der Waals surface area contributed by atoms with E-state index in [0.29, 0.717) is 15.0 Å². The van der Waals surface area contributed by atoms with Gasteiger partial charge in [-0.25, -0.2) is 0 Å². The maximum atomic E-state index is 11.2. The van der Waals surface area contributed by atoms with Crippen molar-refractivity contribution in [3.8, 4) is 0 Å². The van der Waals surface area contributed by atoms with Crippen LogP contribution < -0.4 is 0 Å². The number of carbonyl (C=O) groups excluding carboxylic acids is 1. The molecule has 1 aromatic rings. The molecule has 1 aromatic heterocycles. The minimum absolute atomic E-state index is 0.0638. The summed E-state index contributed by atoms with van der Waals surface area (Å²) < 4.78 is 0.640. The normalized spacial score (nSPS) is 10.8. The molecule has 0 fully saturated rings. The molecule has 17 heavy (non-hydrogen) atoms. The maximum absolute atomic E-state index is 11.2. The highest BCUT2D eigenvalue weighted by molar-refractivity contribution is 8.01. The second kappa shape index (κ2) is 6.16. The van der Waals surface area contributed by atoms with Crippen molar-refractivity contribution in [2.24, 2.45) is 5.92 Å². The summed E-state index contributed by atoms with van der Waals surface area (Å²) in [4.78, 5) is 22.1. The van der Waals surface area contributed by atoms with Gasteiger partial charge in [0, 0.05) is 6.07 Å². The highest BCUT2D eigenvalue weighted by Gasteiger charge is 2.20. The van der Waals surface area contributed by atoms with Gasteiger partial charge in [-0.15, -0.1) is 23.1 Å². The standard InChI is InChI=1S/C11H15NO3S2/c1-7(2)4-5-16-11-9(12(14)15)6-10(17-11)8(3)13/h6-7H,4-5H2,1-3H3. The zero-order valence-corrected chi connectivity index (χ0v) is 11.7. The van der Waals surface area contributed by atoms with Crippen LogP contribution in [0.3, 0.4) is 0 Å². The predicted octanol–water partition coefficient (Wildman–Crippen LogP) is 4.00. The van der Waals surface area contributed by atoms with Gasteiger partial charge in [0.15, 0.2) is 5.78 Å². The summed E-state index contributed by atoms with van der Waals surface area (Å²) in [5.74, 6) is 1.30. The van der Waals surface area contributed by atoms with Crippen LogP contribution in [0.5, 0.6) is 0 Å². The van der Waals surface area contributed by atoms with Crippen molar-refractivity contribution in [3.05, 3.63) is 21.1 Å². The Morgan fingerprint density at radius 3 is 2.71 bits per heavy atom. The average Bonchev–Trinajstić information content (AvgIpc) is 2.61. The van der Waals surface area contributed by atoms with Gasteiger partial charge in [-0.3, -0.25) is 14.9 Å². The highest BCUT2D eigenvalue weighted by Crippen LogP contribution is 2.38. The zero-order chi connectivity index (χ0) is 13.0. The number of hydrogen-bond acceptors (Lipinski definition) is 5. The molecule has 0 radical (unpaired) electrons. The van der Waals surface area contributed by atoms with Gasteiger partial charge < -0.3 is 0 Å². The van der Waals surface area contributed by atoms with E-state index in [1.54, 1.807) is 0 Å². The summed E-state index contributed by atoms with van der Waals surface area (Å²) in [5, 5.41) is 10.8. The van der Waals surface area contributed by atoms with Crippen LogP contribution in [-0.2, 0) is 0 Å². The van der Waals surface area contributed by atoms with Crippen molar-refractivity contribution >= 4 is 34.6 Å². The lowest BCUT2D eigenvalue weighted by atomic mass is 10.2. The molecule has 0 spiro atoms. The van der Waals surface area contributed by atoms with Gasteiger partial charge in [-0.2, -0.15) is 0 Å². The molecule has 1 rings (SSSR count). The molecule has 0 aromatic carbocycles. The number of Topliss-reactive ketones (excluding diaryl/α,β-unsaturated/α-hetero) is 1. The fraction of sp³-hybridized carbons (Fsp3) is 0.545. The highest BCUT2D eigenvalue weighted by atomic mass is 32.2. The van der Waals surface area contributed by atoms with Crippen molar-refractivity contribution in [2.75, 3.05) is 5.75 Å². The Bertz CT molecular complexity index is 426. The van der Waals surface area contributed by atoms with Crippen LogP contribution in [0.15, 0.2) is 10.3 Å². The summed E-state index contributed by atoms with van der Waals surface area (Å²) in [6.45, 7) is 5.66. The molecule has 0 atom stereocenters. The van der Waals surface area contributed by atoms with Crippen molar-refractivity contribution < 1.29 is 9.72 Å². The number of carbonyl (C=O) groups is 1. The second-order valence-corrected chi connectivity index (χ2v) is 6.54. The van der Waals surface area contributed by atoms with E-state index in [0.717, 1.165) is 12.2 Å². The summed E-state index contributed by atoms with van der Waals surface area (Å²) in [6, 6.07) is 1.38. The van der Waals surface area contributed by atoms with E-state index in [-0.39, 0.29) is 11.5 Å². The molecule has 94 valence electrons. The first kappa shape index (κ1) is 14.2. The zero-order valence-electron chi connectivity index (χ0n) is 10.1. The van der Waals surface area contributed by atoms with Crippen molar-refractivity contribution in [3.63, 3.8) is 0 Å². The van der Waals surface area contributed by atoms with E-state index in [9.17, 15) is 14.9 Å². The largest absolute Gasteiger partial charge is 0.294 e. The molecular weight excluding hydrogens is 258 g/mol. The van der Waals surface area contributed by atoms with Crippen molar-refractivity contribution in [1.29, 1.82) is 0 Å². The van der Waals surface area contributed by atoms with Gasteiger partial charge >= 0.3 is 0 Å². The lowest BCUT2D eigenvalue weighted by Crippen LogP contribution is -1.90. The molecule has 1 heterocycles. The summed E-state index contributed by atoms with van der Waals surface area (Å²) in [6.07, 6.45) is 1.01. The molecule has 0 bridgehead atoms. The first-order chi connectivity index (χ1) is 7.91. The van der Waals surface area contributed by atoms with Gasteiger partial charge in [0.2, 0.25) is 0 Å². The minimum Gasteiger partial charge on any atom is -0.294 e. The molecule has 6 heteroatoms. The third-order valence-electron chi connectivity index (χ3n) is 2.15. The molecule has 0 amide bonds. The molecule has 0 unspecified atom stereocenters. The fourth-order valence-electron chi connectivity index (χ4n) is 1.16. The van der Waals surface area contributed by atoms with Crippen LogP contribution in [0, 0.1) is 16.0 Å². The minimum atomic E-state index is -0.416. The van der Waals surface area contributed by atoms with Crippen LogP contribution in [0.1, 0.15) is 36.9 Å². The summed E-state index contributed by atoms with van der Waals surface area (Å²) >= 11 is 2.69. The van der Waals surface area contributed by atoms with Crippen LogP contribution in [0.25, 0.3) is 0 Å². The second-order valence-electron chi connectivity index (χ2n) is 4.13. The smallest absolute Gasteiger partial charge is 0.294 e. The maximum Gasteiger partial charge on any atom is 0.294 e. The number of hydrogen-bond donors (Lipinski definition) is 0. The Kier molecular flexibility index (Phi) is 5.14. The van der Waals surface area contributed by atoms with Crippen LogP contribution in [0.4, 0.5) is 5.69 Å². The quantitative estimate of drug-likeness (QED) is 0.340. The summed E-state index contributed by atoms with van der Waals surface area (Å²) in [7, 11) is 0. The van der Waals surface area contributed by atoms with E-state index >= 15 is 0 Å². The molecule has 0 saturated carbocycles. The lowest BCUT2D eigenvalue weighted by molar-refractivity contribution is -0.387. The number of rotatable bonds is 6. The lowest BCUT2D eigenvalue weighted by Gasteiger charge is -2.01. The Hall–Kier alpha value is -0.880. The predicted molar refractivity (Wildman–Crippen MR) is 71.2 cm³/mol. The molecule has 0 aliphatic heterocycles. The molecule has 0 aliphatic rings. The van der Waals surface area contributed by atoms with Crippen LogP contribution >= 0.6 is 23.1 Å². The molecule has 0 N–H and O–H groups in total. The number of ketones is 1. The average molecular weight is 273 g/mol. The van der Waals surface area contributed by atoms with Gasteiger partial charge in [0.25, 0.3) is 5.69 Å². The van der Waals surface area contributed by atoms with E-state index in [4.69, 9.17) is 0 Å². The van der Waals surface area contributed by atoms with Crippen molar-refractivity contribution in [2.45, 2.75) is 31.4 Å². The van der Waals surface area contributed by atoms with E-state index in [2.05, 4.69) is 13.8 Å². The third kappa shape index (κ3) is 4.12. The molecular formula is C11H15NO3S2. The van der Waals surface area contributed by atoms with Gasteiger partial charge in [0.05, 0.1) is 9.80 Å². The summed E-state index contributed by atoms with van der Waals surface area (Å²) in [5.41, 5.74) is 0.0638. The van der Waals surface area contributed by atoms with Crippen LogP contribution in [-0.4, -0.2) is 16.5 Å². The Morgan fingerprint density at radius 1 is 1.59 bits per heavy atom. The van der Waals surface area contributed by atoms with Gasteiger partial charge in [-0.05, 0) is 25.0 Å². The first-order valence-electron chi connectivity index (χ1n) is 5.33. The van der Waals surface area contributed by atoms with Crippen molar-refractivity contribution in [1.82, 2.24) is 0 Å². The molecule has 4 nitrogen and oxygen atoms in total. The van der Waals surface area contributed by atoms with Gasteiger partial charge in [-0.1, -0.05) is 13.8 Å². The Labute approximate surface area is 109 Å². The number of thiophene rings is 1. The van der Waals surface area contributed by atoms with E-state index < -0.39 is 4.92 Å². The Balaban J connectivity index is 2.81. The topological polar surface area (TPSA) is 60.2 Å². The van der Waals surface area contributed by atoms with E-state index in [1.165, 1.54) is 36.1 Å². The van der Waals surface area contributed by atoms with Crippen LogP contribution in [0.2, 0.25) is 0 Å². The number of nitrogens with zero attached hydrogens (tertiary/aromatic N) is 1. The number of thioether (sulfide) groups is 1. The third-order valence-corrected chi connectivity index (χ3v) is 4.69. The number of nitro groups is 1. The first-order valence-corrected chi connectivity index (χ1v) is 7.14. The SMILES string of the molecule is CC(=O)c1cc([N+](=O)[O-])c(SCCC(C)C)s1.